The number of amides is 1. The van der Waals surface area contributed by atoms with E-state index >= 15 is 0 Å². The fraction of sp³-hybridized carbons (Fsp3) is 0.150. The predicted molar refractivity (Wildman–Crippen MR) is 106 cm³/mol. The second-order valence-electron chi connectivity index (χ2n) is 5.89. The molecule has 5 nitrogen and oxygen atoms in total. The van der Waals surface area contributed by atoms with Crippen LogP contribution in [0.1, 0.15) is 13.8 Å². The summed E-state index contributed by atoms with van der Waals surface area (Å²) in [6.07, 6.45) is 5.52. The highest BCUT2D eigenvalue weighted by Crippen LogP contribution is 2.45. The first kappa shape index (κ1) is 16.6. The zero-order valence-electron chi connectivity index (χ0n) is 14.6. The molecule has 130 valence electrons. The monoisotopic (exact) mass is 362 g/mol. The third kappa shape index (κ3) is 2.82. The predicted octanol–water partition coefficient (Wildman–Crippen LogP) is 4.20. The number of hydrazone groups is 1. The number of thioether (sulfide) groups is 1. The largest absolute Gasteiger partial charge is 0.335 e. The van der Waals surface area contributed by atoms with Crippen LogP contribution in [0.2, 0.25) is 0 Å². The number of anilines is 2. The van der Waals surface area contributed by atoms with Crippen LogP contribution in [0.25, 0.3) is 0 Å². The molecule has 2 aliphatic rings. The summed E-state index contributed by atoms with van der Waals surface area (Å²) in [6.45, 7) is 4.85. The van der Waals surface area contributed by atoms with Crippen molar-refractivity contribution in [1.29, 1.82) is 0 Å². The number of hydrogen-bond acceptors (Lipinski definition) is 5. The van der Waals surface area contributed by atoms with E-state index in [2.05, 4.69) is 34.0 Å². The van der Waals surface area contributed by atoms with E-state index in [1.807, 2.05) is 43.3 Å². The highest BCUT2D eigenvalue weighted by atomic mass is 32.2. The highest BCUT2D eigenvalue weighted by molar-refractivity contribution is 8.03. The number of hydrogen-bond donors (Lipinski definition) is 0. The standard InChI is InChI=1S/C20H18N4OS/c1-3-23-16-8-4-5-9-17(16)26-19(23)12-11-15-14(2)22-24(20(15)25)18-10-6-7-13-21-18/h4-13H,3H2,1-2H3. The molecule has 0 saturated carbocycles. The number of aromatic nitrogens is 1. The first-order valence-electron chi connectivity index (χ1n) is 8.46. The van der Waals surface area contributed by atoms with Gasteiger partial charge in [0.05, 0.1) is 22.0 Å². The summed E-state index contributed by atoms with van der Waals surface area (Å²) in [6, 6.07) is 13.8. The summed E-state index contributed by atoms with van der Waals surface area (Å²) in [5.41, 5.74) is 2.50. The normalized spacial score (nSPS) is 19.5. The Morgan fingerprint density at radius 1 is 1.12 bits per heavy atom. The Hall–Kier alpha value is -2.86. The van der Waals surface area contributed by atoms with Gasteiger partial charge in [-0.2, -0.15) is 10.1 Å². The van der Waals surface area contributed by atoms with Gasteiger partial charge < -0.3 is 4.90 Å². The highest BCUT2D eigenvalue weighted by Gasteiger charge is 2.29. The Labute approximate surface area is 156 Å². The summed E-state index contributed by atoms with van der Waals surface area (Å²) in [5, 5.41) is 6.83. The fourth-order valence-corrected chi connectivity index (χ4v) is 4.13. The lowest BCUT2D eigenvalue weighted by molar-refractivity contribution is -0.114. The Morgan fingerprint density at radius 2 is 1.92 bits per heavy atom. The minimum atomic E-state index is -0.151. The van der Waals surface area contributed by atoms with Gasteiger partial charge >= 0.3 is 0 Å². The summed E-state index contributed by atoms with van der Waals surface area (Å²) >= 11 is 1.72. The second-order valence-corrected chi connectivity index (χ2v) is 6.95. The maximum absolute atomic E-state index is 12.7. The molecule has 0 saturated heterocycles. The van der Waals surface area contributed by atoms with Gasteiger partial charge in [0, 0.05) is 17.6 Å². The van der Waals surface area contributed by atoms with Gasteiger partial charge in [0.2, 0.25) is 0 Å². The van der Waals surface area contributed by atoms with E-state index < -0.39 is 0 Å². The lowest BCUT2D eigenvalue weighted by Gasteiger charge is -2.17. The molecule has 2 aliphatic heterocycles. The third-order valence-corrected chi connectivity index (χ3v) is 5.41. The molecule has 0 unspecified atom stereocenters. The topological polar surface area (TPSA) is 48.8 Å². The van der Waals surface area contributed by atoms with Crippen LogP contribution in [0.4, 0.5) is 11.5 Å². The molecule has 2 aromatic rings. The molecule has 1 amide bonds. The van der Waals surface area contributed by atoms with Crippen LogP contribution >= 0.6 is 11.8 Å². The molecule has 6 heteroatoms. The first-order chi connectivity index (χ1) is 12.7. The maximum Gasteiger partial charge on any atom is 0.282 e. The van der Waals surface area contributed by atoms with Gasteiger partial charge in [-0.25, -0.2) is 4.98 Å². The van der Waals surface area contributed by atoms with E-state index in [4.69, 9.17) is 0 Å². The Morgan fingerprint density at radius 3 is 2.69 bits per heavy atom. The van der Waals surface area contributed by atoms with Crippen molar-refractivity contribution in [2.75, 3.05) is 16.5 Å². The minimum Gasteiger partial charge on any atom is -0.335 e. The zero-order chi connectivity index (χ0) is 18.1. The Balaban J connectivity index is 1.63. The van der Waals surface area contributed by atoms with Crippen molar-refractivity contribution in [3.05, 3.63) is 71.4 Å². The lowest BCUT2D eigenvalue weighted by atomic mass is 10.1. The molecule has 0 atom stereocenters. The molecule has 0 bridgehead atoms. The maximum atomic E-state index is 12.7. The van der Waals surface area contributed by atoms with Gasteiger partial charge in [0.15, 0.2) is 5.82 Å². The van der Waals surface area contributed by atoms with Crippen LogP contribution in [0.3, 0.4) is 0 Å². The van der Waals surface area contributed by atoms with Crippen LogP contribution in [0.15, 0.2) is 81.4 Å². The molecule has 4 rings (SSSR count). The molecule has 0 aliphatic carbocycles. The van der Waals surface area contributed by atoms with Crippen molar-refractivity contribution < 1.29 is 4.79 Å². The SMILES string of the molecule is CCN1C(=CC=C2C(=O)N(c3ccccn3)N=C2C)Sc2ccccc21. The lowest BCUT2D eigenvalue weighted by Crippen LogP contribution is -2.22. The van der Waals surface area contributed by atoms with Gasteiger partial charge in [-0.15, -0.1) is 0 Å². The molecule has 0 fully saturated rings. The smallest absolute Gasteiger partial charge is 0.282 e. The van der Waals surface area contributed by atoms with Gasteiger partial charge in [-0.3, -0.25) is 4.79 Å². The first-order valence-corrected chi connectivity index (χ1v) is 9.28. The number of nitrogens with zero attached hydrogens (tertiary/aromatic N) is 4. The van der Waals surface area contributed by atoms with Crippen molar-refractivity contribution in [1.82, 2.24) is 4.98 Å². The van der Waals surface area contributed by atoms with Gasteiger partial charge in [0.25, 0.3) is 5.91 Å². The molecule has 1 aromatic heterocycles. The summed E-state index contributed by atoms with van der Waals surface area (Å²) < 4.78 is 0. The molecule has 3 heterocycles. The molecule has 0 spiro atoms. The van der Waals surface area contributed by atoms with Crippen LogP contribution in [-0.2, 0) is 4.79 Å². The number of allylic oxidation sites excluding steroid dienone is 2. The van der Waals surface area contributed by atoms with Crippen LogP contribution < -0.4 is 9.91 Å². The number of carbonyl (C=O) groups excluding carboxylic acids is 1. The molecular formula is C20H18N4OS. The number of carbonyl (C=O) groups is 1. The number of benzene rings is 1. The number of fused-ring (bicyclic) bond motifs is 1. The van der Waals surface area contributed by atoms with Crippen LogP contribution in [-0.4, -0.2) is 23.1 Å². The zero-order valence-corrected chi connectivity index (χ0v) is 15.4. The summed E-state index contributed by atoms with van der Waals surface area (Å²) in [5.74, 6) is 0.382. The average molecular weight is 362 g/mol. The average Bonchev–Trinajstić information content (AvgIpc) is 3.17. The van der Waals surface area contributed by atoms with Crippen molar-refractivity contribution in [2.24, 2.45) is 5.10 Å². The van der Waals surface area contributed by atoms with Crippen molar-refractivity contribution in [2.45, 2.75) is 18.7 Å². The van der Waals surface area contributed by atoms with Crippen LogP contribution in [0.5, 0.6) is 0 Å². The van der Waals surface area contributed by atoms with Gasteiger partial charge in [-0.05, 0) is 50.3 Å². The summed E-state index contributed by atoms with van der Waals surface area (Å²) in [4.78, 5) is 20.4. The number of rotatable bonds is 3. The second kappa shape index (κ2) is 6.80. The molecule has 0 radical (unpaired) electrons. The molecular weight excluding hydrogens is 344 g/mol. The quantitative estimate of drug-likeness (QED) is 0.768. The van der Waals surface area contributed by atoms with E-state index in [9.17, 15) is 4.79 Å². The van der Waals surface area contributed by atoms with Gasteiger partial charge in [-0.1, -0.05) is 30.0 Å². The molecule has 1 aromatic carbocycles. The minimum absolute atomic E-state index is 0.151. The van der Waals surface area contributed by atoms with E-state index in [1.165, 1.54) is 15.6 Å². The Kier molecular flexibility index (Phi) is 4.34. The van der Waals surface area contributed by atoms with Crippen molar-refractivity contribution >= 4 is 34.9 Å². The molecule has 26 heavy (non-hydrogen) atoms. The van der Waals surface area contributed by atoms with Crippen LogP contribution in [0, 0.1) is 0 Å². The van der Waals surface area contributed by atoms with E-state index in [0.29, 0.717) is 17.1 Å². The Bertz CT molecular complexity index is 949. The van der Waals surface area contributed by atoms with E-state index in [-0.39, 0.29) is 5.91 Å². The molecule has 0 N–H and O–H groups in total. The van der Waals surface area contributed by atoms with Crippen molar-refractivity contribution in [3.8, 4) is 0 Å². The van der Waals surface area contributed by atoms with Gasteiger partial charge in [0.1, 0.15) is 0 Å². The van der Waals surface area contributed by atoms with Crippen molar-refractivity contribution in [3.63, 3.8) is 0 Å². The fourth-order valence-electron chi connectivity index (χ4n) is 3.00. The van der Waals surface area contributed by atoms with E-state index in [1.54, 1.807) is 24.0 Å². The number of pyridine rings is 1. The number of para-hydroxylation sites is 1. The summed E-state index contributed by atoms with van der Waals surface area (Å²) in [7, 11) is 0. The third-order valence-electron chi connectivity index (χ3n) is 4.27. The van der Waals surface area contributed by atoms with E-state index in [0.717, 1.165) is 11.6 Å².